The smallest absolute Gasteiger partial charge is 0.411 e. The van der Waals surface area contributed by atoms with Gasteiger partial charge in [0.2, 0.25) is 0 Å². The maximum atomic E-state index is 13.7. The number of alkyl halides is 3. The van der Waals surface area contributed by atoms with Gasteiger partial charge in [-0.05, 0) is 6.07 Å². The molecule has 1 aromatic carbocycles. The van der Waals surface area contributed by atoms with Crippen LogP contribution in [0.3, 0.4) is 0 Å². The molecule has 1 atom stereocenters. The molecule has 0 bridgehead atoms. The standard InChI is InChI=1S/C12H13F4NO3/c13-9-4-2-1-3-8(9)11(5-17,10(18)19)6-20-7-12(14,15)16/h1-4H,5-7,17H2,(H,18,19). The number of hydrogen-bond donors (Lipinski definition) is 2. The molecule has 1 rings (SSSR count). The fraction of sp³-hybridized carbons (Fsp3) is 0.417. The molecule has 1 aromatic rings. The minimum Gasteiger partial charge on any atom is -0.480 e. The second kappa shape index (κ2) is 6.19. The monoisotopic (exact) mass is 295 g/mol. The van der Waals surface area contributed by atoms with Gasteiger partial charge in [-0.2, -0.15) is 13.2 Å². The summed E-state index contributed by atoms with van der Waals surface area (Å²) in [6.07, 6.45) is -4.60. The third kappa shape index (κ3) is 3.67. The Labute approximate surface area is 112 Å². The maximum absolute atomic E-state index is 13.7. The van der Waals surface area contributed by atoms with Crippen LogP contribution in [0, 0.1) is 5.82 Å². The number of carboxylic acid groups (broad SMARTS) is 1. The molecule has 0 heterocycles. The summed E-state index contributed by atoms with van der Waals surface area (Å²) in [4.78, 5) is 11.4. The van der Waals surface area contributed by atoms with Gasteiger partial charge in [0.15, 0.2) is 0 Å². The molecule has 0 saturated carbocycles. The van der Waals surface area contributed by atoms with Gasteiger partial charge in [-0.3, -0.25) is 4.79 Å². The first-order valence-electron chi connectivity index (χ1n) is 5.56. The largest absolute Gasteiger partial charge is 0.480 e. The molecule has 4 nitrogen and oxygen atoms in total. The third-order valence-electron chi connectivity index (χ3n) is 2.76. The lowest BCUT2D eigenvalue weighted by atomic mass is 9.81. The first-order valence-corrected chi connectivity index (χ1v) is 5.56. The fourth-order valence-electron chi connectivity index (χ4n) is 1.70. The van der Waals surface area contributed by atoms with Gasteiger partial charge in [-0.15, -0.1) is 0 Å². The number of halogens is 4. The maximum Gasteiger partial charge on any atom is 0.411 e. The molecule has 20 heavy (non-hydrogen) atoms. The van der Waals surface area contributed by atoms with Crippen molar-refractivity contribution < 1.29 is 32.2 Å². The molecular weight excluding hydrogens is 282 g/mol. The molecule has 0 saturated heterocycles. The van der Waals surface area contributed by atoms with Crippen molar-refractivity contribution >= 4 is 5.97 Å². The quantitative estimate of drug-likeness (QED) is 0.783. The first kappa shape index (κ1) is 16.4. The van der Waals surface area contributed by atoms with Crippen molar-refractivity contribution in [1.29, 1.82) is 0 Å². The van der Waals surface area contributed by atoms with Gasteiger partial charge in [-0.1, -0.05) is 18.2 Å². The van der Waals surface area contributed by atoms with E-state index in [-0.39, 0.29) is 5.56 Å². The number of benzene rings is 1. The van der Waals surface area contributed by atoms with Gasteiger partial charge in [0, 0.05) is 12.1 Å². The van der Waals surface area contributed by atoms with Crippen LogP contribution in [-0.4, -0.2) is 37.0 Å². The molecule has 0 aliphatic carbocycles. The van der Waals surface area contributed by atoms with E-state index in [9.17, 15) is 27.5 Å². The Balaban J connectivity index is 3.05. The zero-order valence-electron chi connectivity index (χ0n) is 10.3. The van der Waals surface area contributed by atoms with Crippen molar-refractivity contribution in [3.05, 3.63) is 35.6 Å². The zero-order valence-corrected chi connectivity index (χ0v) is 10.3. The highest BCUT2D eigenvalue weighted by Crippen LogP contribution is 2.27. The second-order valence-electron chi connectivity index (χ2n) is 4.18. The minimum atomic E-state index is -4.60. The molecule has 0 radical (unpaired) electrons. The van der Waals surface area contributed by atoms with Crippen LogP contribution in [0.5, 0.6) is 0 Å². The van der Waals surface area contributed by atoms with Crippen LogP contribution in [0.4, 0.5) is 17.6 Å². The van der Waals surface area contributed by atoms with Crippen LogP contribution < -0.4 is 5.73 Å². The lowest BCUT2D eigenvalue weighted by Gasteiger charge is -2.28. The highest BCUT2D eigenvalue weighted by molar-refractivity contribution is 5.82. The van der Waals surface area contributed by atoms with Gasteiger partial charge in [0.05, 0.1) is 6.61 Å². The summed E-state index contributed by atoms with van der Waals surface area (Å²) in [5.41, 5.74) is 2.98. The van der Waals surface area contributed by atoms with Crippen molar-refractivity contribution in [3.63, 3.8) is 0 Å². The van der Waals surface area contributed by atoms with Crippen LogP contribution in [-0.2, 0) is 14.9 Å². The predicted molar refractivity (Wildman–Crippen MR) is 61.6 cm³/mol. The van der Waals surface area contributed by atoms with E-state index in [0.29, 0.717) is 0 Å². The molecule has 0 amide bonds. The Morgan fingerprint density at radius 1 is 1.25 bits per heavy atom. The van der Waals surface area contributed by atoms with Gasteiger partial charge >= 0.3 is 12.1 Å². The highest BCUT2D eigenvalue weighted by Gasteiger charge is 2.42. The number of hydrogen-bond acceptors (Lipinski definition) is 3. The Hall–Kier alpha value is -1.67. The van der Waals surface area contributed by atoms with Gasteiger partial charge < -0.3 is 15.6 Å². The molecule has 0 aliphatic heterocycles. The summed E-state index contributed by atoms with van der Waals surface area (Å²) >= 11 is 0. The Morgan fingerprint density at radius 3 is 2.30 bits per heavy atom. The summed E-state index contributed by atoms with van der Waals surface area (Å²) in [6.45, 7) is -3.10. The van der Waals surface area contributed by atoms with E-state index in [4.69, 9.17) is 5.73 Å². The van der Waals surface area contributed by atoms with E-state index >= 15 is 0 Å². The van der Waals surface area contributed by atoms with Crippen molar-refractivity contribution in [2.45, 2.75) is 11.6 Å². The van der Waals surface area contributed by atoms with E-state index in [1.54, 1.807) is 0 Å². The summed E-state index contributed by atoms with van der Waals surface area (Å²) in [5, 5.41) is 9.22. The number of nitrogens with two attached hydrogens (primary N) is 1. The molecular formula is C12H13F4NO3. The lowest BCUT2D eigenvalue weighted by Crippen LogP contribution is -2.48. The SMILES string of the molecule is NCC(COCC(F)(F)F)(C(=O)O)c1ccccc1F. The minimum absolute atomic E-state index is 0.308. The number of rotatable bonds is 6. The average molecular weight is 295 g/mol. The van der Waals surface area contributed by atoms with Crippen molar-refractivity contribution in [1.82, 2.24) is 0 Å². The molecule has 1 unspecified atom stereocenters. The van der Waals surface area contributed by atoms with Crippen LogP contribution in [0.2, 0.25) is 0 Å². The molecule has 0 aromatic heterocycles. The Bertz CT molecular complexity index is 478. The zero-order chi connectivity index (χ0) is 15.4. The van der Waals surface area contributed by atoms with Gasteiger partial charge in [0.1, 0.15) is 17.8 Å². The lowest BCUT2D eigenvalue weighted by molar-refractivity contribution is -0.181. The number of ether oxygens (including phenoxy) is 1. The topological polar surface area (TPSA) is 72.5 Å². The van der Waals surface area contributed by atoms with E-state index in [1.165, 1.54) is 12.1 Å². The van der Waals surface area contributed by atoms with Gasteiger partial charge in [-0.25, -0.2) is 4.39 Å². The fourth-order valence-corrected chi connectivity index (χ4v) is 1.70. The number of carboxylic acids is 1. The first-order chi connectivity index (χ1) is 9.23. The van der Waals surface area contributed by atoms with Crippen LogP contribution >= 0.6 is 0 Å². The Kier molecular flexibility index (Phi) is 5.07. The van der Waals surface area contributed by atoms with Crippen molar-refractivity contribution in [2.24, 2.45) is 5.73 Å². The molecule has 0 aliphatic rings. The molecule has 8 heteroatoms. The van der Waals surface area contributed by atoms with Crippen LogP contribution in [0.1, 0.15) is 5.56 Å². The normalized spacial score (nSPS) is 14.8. The Morgan fingerprint density at radius 2 is 1.85 bits per heavy atom. The summed E-state index contributed by atoms with van der Waals surface area (Å²) in [5.74, 6) is -2.41. The van der Waals surface area contributed by atoms with Crippen LogP contribution in [0.15, 0.2) is 24.3 Å². The van der Waals surface area contributed by atoms with Crippen LogP contribution in [0.25, 0.3) is 0 Å². The molecule has 0 spiro atoms. The highest BCUT2D eigenvalue weighted by atomic mass is 19.4. The summed E-state index contributed by atoms with van der Waals surface area (Å²) < 4.78 is 54.2. The van der Waals surface area contributed by atoms with Gasteiger partial charge in [0.25, 0.3) is 0 Å². The van der Waals surface area contributed by atoms with Crippen molar-refractivity contribution in [2.75, 3.05) is 19.8 Å². The van der Waals surface area contributed by atoms with Crippen molar-refractivity contribution in [3.8, 4) is 0 Å². The summed E-state index contributed by atoms with van der Waals surface area (Å²) in [7, 11) is 0. The second-order valence-corrected chi connectivity index (χ2v) is 4.18. The van der Waals surface area contributed by atoms with E-state index in [1.807, 2.05) is 0 Å². The third-order valence-corrected chi connectivity index (χ3v) is 2.76. The molecule has 0 fully saturated rings. The van der Waals surface area contributed by atoms with E-state index in [2.05, 4.69) is 4.74 Å². The van der Waals surface area contributed by atoms with E-state index < -0.39 is 43.1 Å². The predicted octanol–water partition coefficient (Wildman–Crippen LogP) is 1.69. The number of aliphatic carboxylic acids is 1. The molecule has 3 N–H and O–H groups in total. The number of carbonyl (C=O) groups is 1. The van der Waals surface area contributed by atoms with E-state index in [0.717, 1.165) is 12.1 Å². The average Bonchev–Trinajstić information content (AvgIpc) is 2.34. The molecule has 112 valence electrons. The summed E-state index contributed by atoms with van der Waals surface area (Å²) in [6, 6.07) is 4.87.